The minimum Gasteiger partial charge on any atom is -0.387 e. The molecule has 0 aliphatic carbocycles. The lowest BCUT2D eigenvalue weighted by Crippen LogP contribution is -2.32. The monoisotopic (exact) mass is 351 g/mol. The molecule has 0 radical (unpaired) electrons. The van der Waals surface area contributed by atoms with Crippen molar-refractivity contribution in [3.8, 4) is 0 Å². The molecule has 0 aromatic heterocycles. The van der Waals surface area contributed by atoms with Crippen molar-refractivity contribution in [3.05, 3.63) is 69.9 Å². The largest absolute Gasteiger partial charge is 0.387 e. The first-order chi connectivity index (χ1) is 10.0. The Bertz CT molecular complexity index is 573. The van der Waals surface area contributed by atoms with Gasteiger partial charge in [-0.15, -0.1) is 0 Å². The summed E-state index contributed by atoms with van der Waals surface area (Å²) in [7, 11) is 0. The van der Waals surface area contributed by atoms with Crippen LogP contribution in [0.3, 0.4) is 0 Å². The molecule has 2 rings (SSSR count). The van der Waals surface area contributed by atoms with E-state index in [4.69, 9.17) is 0 Å². The summed E-state index contributed by atoms with van der Waals surface area (Å²) in [5.41, 5.74) is 1.83. The fourth-order valence-electron chi connectivity index (χ4n) is 2.19. The first kappa shape index (κ1) is 16.1. The van der Waals surface area contributed by atoms with E-state index in [-0.39, 0.29) is 11.9 Å². The van der Waals surface area contributed by atoms with Crippen molar-refractivity contribution in [3.63, 3.8) is 0 Å². The molecular formula is C17H19BrFNO. The van der Waals surface area contributed by atoms with E-state index in [2.05, 4.69) is 40.3 Å². The van der Waals surface area contributed by atoms with Crippen molar-refractivity contribution in [2.45, 2.75) is 25.5 Å². The van der Waals surface area contributed by atoms with Gasteiger partial charge < -0.3 is 10.4 Å². The molecule has 0 aliphatic heterocycles. The van der Waals surface area contributed by atoms with Gasteiger partial charge in [-0.1, -0.05) is 40.2 Å². The highest BCUT2D eigenvalue weighted by atomic mass is 79.9. The van der Waals surface area contributed by atoms with Crippen LogP contribution >= 0.6 is 15.9 Å². The average molecular weight is 352 g/mol. The normalized spacial score (nSPS) is 13.9. The lowest BCUT2D eigenvalue weighted by atomic mass is 10.1. The van der Waals surface area contributed by atoms with Gasteiger partial charge in [-0.2, -0.15) is 0 Å². The fourth-order valence-corrected chi connectivity index (χ4v) is 2.46. The van der Waals surface area contributed by atoms with Crippen molar-refractivity contribution in [1.29, 1.82) is 0 Å². The first-order valence-electron chi connectivity index (χ1n) is 6.96. The van der Waals surface area contributed by atoms with Crippen LogP contribution in [0.2, 0.25) is 0 Å². The zero-order valence-corrected chi connectivity index (χ0v) is 13.5. The third-order valence-corrected chi connectivity index (χ3v) is 3.88. The summed E-state index contributed by atoms with van der Waals surface area (Å²) in [4.78, 5) is 0. The minimum atomic E-state index is -0.701. The highest BCUT2D eigenvalue weighted by Crippen LogP contribution is 2.14. The van der Waals surface area contributed by atoms with Gasteiger partial charge in [0.15, 0.2) is 0 Å². The molecule has 0 bridgehead atoms. The van der Waals surface area contributed by atoms with Gasteiger partial charge in [-0.3, -0.25) is 0 Å². The van der Waals surface area contributed by atoms with Gasteiger partial charge in [0.25, 0.3) is 0 Å². The zero-order valence-electron chi connectivity index (χ0n) is 11.9. The predicted molar refractivity (Wildman–Crippen MR) is 86.7 cm³/mol. The Morgan fingerprint density at radius 3 is 2.57 bits per heavy atom. The number of nitrogens with one attached hydrogen (secondary N) is 1. The summed E-state index contributed by atoms with van der Waals surface area (Å²) in [5, 5.41) is 13.3. The molecule has 2 unspecified atom stereocenters. The lowest BCUT2D eigenvalue weighted by Gasteiger charge is -2.17. The molecule has 2 aromatic rings. The van der Waals surface area contributed by atoms with Gasteiger partial charge in [0.1, 0.15) is 5.82 Å². The van der Waals surface area contributed by atoms with Crippen molar-refractivity contribution < 1.29 is 9.50 Å². The molecule has 0 heterocycles. The smallest absolute Gasteiger partial charge is 0.123 e. The van der Waals surface area contributed by atoms with Crippen LogP contribution in [-0.4, -0.2) is 17.7 Å². The molecule has 0 saturated heterocycles. The Labute approximate surface area is 133 Å². The molecule has 0 spiro atoms. The molecule has 0 saturated carbocycles. The number of halogens is 2. The number of hydrogen-bond donors (Lipinski definition) is 2. The summed E-state index contributed by atoms with van der Waals surface area (Å²) < 4.78 is 14.2. The Morgan fingerprint density at radius 1 is 1.19 bits per heavy atom. The standard InChI is InChI=1S/C17H19BrFNO/c1-12(9-13-5-7-15(18)8-6-13)20-11-17(21)14-3-2-4-16(19)10-14/h2-8,10,12,17,20-21H,9,11H2,1H3. The van der Waals surface area contributed by atoms with Crippen LogP contribution in [0.25, 0.3) is 0 Å². The molecule has 0 aliphatic rings. The van der Waals surface area contributed by atoms with Crippen molar-refractivity contribution >= 4 is 15.9 Å². The number of rotatable bonds is 6. The van der Waals surface area contributed by atoms with Crippen LogP contribution in [-0.2, 0) is 6.42 Å². The Hall–Kier alpha value is -1.23. The SMILES string of the molecule is CC(Cc1ccc(Br)cc1)NCC(O)c1cccc(F)c1. The summed E-state index contributed by atoms with van der Waals surface area (Å²) in [6.07, 6.45) is 0.177. The second-order valence-electron chi connectivity index (χ2n) is 5.21. The van der Waals surface area contributed by atoms with E-state index >= 15 is 0 Å². The van der Waals surface area contributed by atoms with E-state index in [1.807, 2.05) is 12.1 Å². The van der Waals surface area contributed by atoms with Crippen LogP contribution in [0.1, 0.15) is 24.2 Å². The van der Waals surface area contributed by atoms with Crippen LogP contribution in [0.15, 0.2) is 53.0 Å². The van der Waals surface area contributed by atoms with Crippen molar-refractivity contribution in [1.82, 2.24) is 5.32 Å². The minimum absolute atomic E-state index is 0.231. The fraction of sp³-hybridized carbons (Fsp3) is 0.294. The van der Waals surface area contributed by atoms with Gasteiger partial charge in [0.05, 0.1) is 6.10 Å². The van der Waals surface area contributed by atoms with E-state index in [1.165, 1.54) is 17.7 Å². The van der Waals surface area contributed by atoms with E-state index in [0.29, 0.717) is 12.1 Å². The zero-order chi connectivity index (χ0) is 15.2. The third kappa shape index (κ3) is 5.23. The molecule has 21 heavy (non-hydrogen) atoms. The average Bonchev–Trinajstić information content (AvgIpc) is 2.47. The second-order valence-corrected chi connectivity index (χ2v) is 6.13. The molecule has 0 amide bonds. The number of hydrogen-bond acceptors (Lipinski definition) is 2. The first-order valence-corrected chi connectivity index (χ1v) is 7.75. The summed E-state index contributed by atoms with van der Waals surface area (Å²) in [6, 6.07) is 14.5. The van der Waals surface area contributed by atoms with Crippen LogP contribution in [0.5, 0.6) is 0 Å². The summed E-state index contributed by atoms with van der Waals surface area (Å²) in [5.74, 6) is -0.325. The molecule has 0 fully saturated rings. The molecule has 2 nitrogen and oxygen atoms in total. The second kappa shape index (κ2) is 7.69. The molecule has 2 aromatic carbocycles. The van der Waals surface area contributed by atoms with Gasteiger partial charge >= 0.3 is 0 Å². The third-order valence-electron chi connectivity index (χ3n) is 3.35. The van der Waals surface area contributed by atoms with Gasteiger partial charge in [0.2, 0.25) is 0 Å². The number of benzene rings is 2. The molecule has 4 heteroatoms. The summed E-state index contributed by atoms with van der Waals surface area (Å²) >= 11 is 3.41. The Morgan fingerprint density at radius 2 is 1.90 bits per heavy atom. The van der Waals surface area contributed by atoms with Crippen LogP contribution < -0.4 is 5.32 Å². The van der Waals surface area contributed by atoms with Crippen LogP contribution in [0.4, 0.5) is 4.39 Å². The van der Waals surface area contributed by atoms with E-state index in [0.717, 1.165) is 10.9 Å². The number of aliphatic hydroxyl groups is 1. The maximum atomic E-state index is 13.1. The molecule has 2 N–H and O–H groups in total. The van der Waals surface area contributed by atoms with Crippen molar-refractivity contribution in [2.75, 3.05) is 6.54 Å². The number of aliphatic hydroxyl groups excluding tert-OH is 1. The van der Waals surface area contributed by atoms with Crippen molar-refractivity contribution in [2.24, 2.45) is 0 Å². The Kier molecular flexibility index (Phi) is 5.91. The highest BCUT2D eigenvalue weighted by Gasteiger charge is 2.10. The predicted octanol–water partition coefficient (Wildman–Crippen LogP) is 3.84. The molecule has 112 valence electrons. The van der Waals surface area contributed by atoms with E-state index in [9.17, 15) is 9.50 Å². The Balaban J connectivity index is 1.83. The van der Waals surface area contributed by atoms with E-state index in [1.54, 1.807) is 12.1 Å². The maximum absolute atomic E-state index is 13.1. The van der Waals surface area contributed by atoms with Gasteiger partial charge in [-0.25, -0.2) is 4.39 Å². The van der Waals surface area contributed by atoms with Gasteiger partial charge in [-0.05, 0) is 48.7 Å². The highest BCUT2D eigenvalue weighted by molar-refractivity contribution is 9.10. The molecular weight excluding hydrogens is 333 g/mol. The summed E-state index contributed by atoms with van der Waals surface area (Å²) in [6.45, 7) is 2.47. The quantitative estimate of drug-likeness (QED) is 0.828. The maximum Gasteiger partial charge on any atom is 0.123 e. The molecule has 2 atom stereocenters. The van der Waals surface area contributed by atoms with E-state index < -0.39 is 6.10 Å². The van der Waals surface area contributed by atoms with Crippen LogP contribution in [0, 0.1) is 5.82 Å². The lowest BCUT2D eigenvalue weighted by molar-refractivity contribution is 0.170. The topological polar surface area (TPSA) is 32.3 Å². The van der Waals surface area contributed by atoms with Gasteiger partial charge in [0, 0.05) is 17.1 Å².